The average Bonchev–Trinajstić information content (AvgIpc) is 2.65. The highest BCUT2D eigenvalue weighted by molar-refractivity contribution is 7.11. The van der Waals surface area contributed by atoms with Crippen LogP contribution < -0.4 is 15.2 Å². The molecule has 1 aromatic carbocycles. The van der Waals surface area contributed by atoms with Crippen molar-refractivity contribution in [3.8, 4) is 16.7 Å². The zero-order valence-electron chi connectivity index (χ0n) is 8.14. The lowest BCUT2D eigenvalue weighted by Gasteiger charge is -2.06. The molecule has 15 heavy (non-hydrogen) atoms. The number of anilines is 1. The van der Waals surface area contributed by atoms with Crippen molar-refractivity contribution in [2.24, 2.45) is 0 Å². The van der Waals surface area contributed by atoms with Crippen LogP contribution in [-0.4, -0.2) is 12.1 Å². The van der Waals surface area contributed by atoms with Crippen LogP contribution in [0.3, 0.4) is 0 Å². The standard InChI is InChI=1S/C10H10N2O2S/c1-13-7-4-2-3-5-8(7)14-10-12-9(11)6-15-10/h2-6H,11H2,1H3. The van der Waals surface area contributed by atoms with Gasteiger partial charge in [-0.1, -0.05) is 23.5 Å². The molecule has 1 aromatic heterocycles. The smallest absolute Gasteiger partial charge is 0.280 e. The highest BCUT2D eigenvalue weighted by Gasteiger charge is 2.06. The molecule has 2 N–H and O–H groups in total. The fourth-order valence-electron chi connectivity index (χ4n) is 1.11. The van der Waals surface area contributed by atoms with Crippen molar-refractivity contribution in [1.29, 1.82) is 0 Å². The molecule has 0 amide bonds. The summed E-state index contributed by atoms with van der Waals surface area (Å²) in [5, 5.41) is 2.24. The van der Waals surface area contributed by atoms with Gasteiger partial charge < -0.3 is 15.2 Å². The number of nitrogens with two attached hydrogens (primary N) is 1. The molecule has 0 unspecified atom stereocenters. The van der Waals surface area contributed by atoms with Crippen LogP contribution in [0.15, 0.2) is 29.6 Å². The third-order valence-corrected chi connectivity index (χ3v) is 2.50. The van der Waals surface area contributed by atoms with Gasteiger partial charge in [-0.15, -0.1) is 0 Å². The topological polar surface area (TPSA) is 57.4 Å². The Morgan fingerprint density at radius 1 is 1.27 bits per heavy atom. The van der Waals surface area contributed by atoms with Gasteiger partial charge in [-0.2, -0.15) is 4.98 Å². The van der Waals surface area contributed by atoms with Crippen LogP contribution in [0.1, 0.15) is 0 Å². The number of ether oxygens (including phenoxy) is 2. The molecule has 0 fully saturated rings. The summed E-state index contributed by atoms with van der Waals surface area (Å²) in [5.74, 6) is 1.77. The fraction of sp³-hybridized carbons (Fsp3) is 0.100. The Kier molecular flexibility index (Phi) is 2.73. The third-order valence-electron chi connectivity index (χ3n) is 1.77. The Hall–Kier alpha value is -1.75. The lowest BCUT2D eigenvalue weighted by molar-refractivity contribution is 0.378. The lowest BCUT2D eigenvalue weighted by atomic mass is 10.3. The SMILES string of the molecule is COc1ccccc1Oc1nc(N)cs1. The molecule has 0 aliphatic carbocycles. The fourth-order valence-corrected chi connectivity index (χ4v) is 1.68. The number of nitrogen functional groups attached to an aromatic ring is 1. The Balaban J connectivity index is 2.23. The predicted octanol–water partition coefficient (Wildman–Crippen LogP) is 2.53. The molecule has 2 rings (SSSR count). The van der Waals surface area contributed by atoms with E-state index >= 15 is 0 Å². The van der Waals surface area contributed by atoms with E-state index in [1.54, 1.807) is 12.5 Å². The Bertz CT molecular complexity index is 456. The van der Waals surface area contributed by atoms with Gasteiger partial charge in [0.2, 0.25) is 0 Å². The number of thiazole rings is 1. The minimum absolute atomic E-state index is 0.463. The molecule has 78 valence electrons. The molecule has 0 spiro atoms. The van der Waals surface area contributed by atoms with E-state index in [1.807, 2.05) is 24.3 Å². The van der Waals surface area contributed by atoms with E-state index in [0.29, 0.717) is 22.5 Å². The second kappa shape index (κ2) is 4.18. The number of nitrogens with zero attached hydrogens (tertiary/aromatic N) is 1. The van der Waals surface area contributed by atoms with E-state index in [4.69, 9.17) is 15.2 Å². The predicted molar refractivity (Wildman–Crippen MR) is 59.6 cm³/mol. The number of methoxy groups -OCH3 is 1. The molecule has 4 nitrogen and oxygen atoms in total. The van der Waals surface area contributed by atoms with Gasteiger partial charge in [0, 0.05) is 5.38 Å². The summed E-state index contributed by atoms with van der Waals surface area (Å²) in [6, 6.07) is 7.39. The summed E-state index contributed by atoms with van der Waals surface area (Å²) in [5.41, 5.74) is 5.49. The number of hydrogen-bond donors (Lipinski definition) is 1. The van der Waals surface area contributed by atoms with E-state index in [2.05, 4.69) is 4.98 Å². The summed E-state index contributed by atoms with van der Waals surface area (Å²) in [6.07, 6.45) is 0. The molecule has 0 aliphatic heterocycles. The van der Waals surface area contributed by atoms with Gasteiger partial charge >= 0.3 is 0 Å². The van der Waals surface area contributed by atoms with Gasteiger partial charge in [-0.25, -0.2) is 0 Å². The number of hydrogen-bond acceptors (Lipinski definition) is 5. The summed E-state index contributed by atoms with van der Waals surface area (Å²) in [6.45, 7) is 0. The Morgan fingerprint density at radius 3 is 2.60 bits per heavy atom. The van der Waals surface area contributed by atoms with Crippen molar-refractivity contribution in [2.75, 3.05) is 12.8 Å². The van der Waals surface area contributed by atoms with Crippen LogP contribution in [-0.2, 0) is 0 Å². The second-order valence-corrected chi connectivity index (χ2v) is 3.61. The Morgan fingerprint density at radius 2 is 2.00 bits per heavy atom. The van der Waals surface area contributed by atoms with Crippen molar-refractivity contribution >= 4 is 17.2 Å². The van der Waals surface area contributed by atoms with Gasteiger partial charge in [0.15, 0.2) is 11.5 Å². The summed E-state index contributed by atoms with van der Waals surface area (Å²) < 4.78 is 10.7. The normalized spacial score (nSPS) is 9.93. The maximum Gasteiger partial charge on any atom is 0.280 e. The summed E-state index contributed by atoms with van der Waals surface area (Å²) in [7, 11) is 1.60. The quantitative estimate of drug-likeness (QED) is 0.867. The van der Waals surface area contributed by atoms with Gasteiger partial charge in [0.25, 0.3) is 5.19 Å². The maximum atomic E-state index is 5.52. The number of para-hydroxylation sites is 2. The number of aromatic nitrogens is 1. The van der Waals surface area contributed by atoms with Gasteiger partial charge in [0.1, 0.15) is 5.82 Å². The first kappa shape index (κ1) is 9.79. The highest BCUT2D eigenvalue weighted by atomic mass is 32.1. The molecule has 0 atom stereocenters. The zero-order chi connectivity index (χ0) is 10.7. The van der Waals surface area contributed by atoms with Crippen LogP contribution in [0, 0.1) is 0 Å². The molecular formula is C10H10N2O2S. The first-order chi connectivity index (χ1) is 7.29. The summed E-state index contributed by atoms with van der Waals surface area (Å²) in [4.78, 5) is 4.00. The molecule has 0 saturated carbocycles. The van der Waals surface area contributed by atoms with E-state index < -0.39 is 0 Å². The van der Waals surface area contributed by atoms with E-state index in [-0.39, 0.29) is 0 Å². The van der Waals surface area contributed by atoms with Crippen LogP contribution in [0.2, 0.25) is 0 Å². The monoisotopic (exact) mass is 222 g/mol. The zero-order valence-corrected chi connectivity index (χ0v) is 8.95. The van der Waals surface area contributed by atoms with E-state index in [1.165, 1.54) is 11.3 Å². The molecule has 0 bridgehead atoms. The maximum absolute atomic E-state index is 5.52. The first-order valence-corrected chi connectivity index (χ1v) is 5.19. The molecular weight excluding hydrogens is 212 g/mol. The van der Waals surface area contributed by atoms with E-state index in [0.717, 1.165) is 0 Å². The molecule has 0 radical (unpaired) electrons. The molecule has 1 heterocycles. The van der Waals surface area contributed by atoms with Crippen molar-refractivity contribution in [2.45, 2.75) is 0 Å². The molecule has 5 heteroatoms. The van der Waals surface area contributed by atoms with Crippen molar-refractivity contribution in [1.82, 2.24) is 4.98 Å². The van der Waals surface area contributed by atoms with Crippen LogP contribution in [0.4, 0.5) is 5.82 Å². The third kappa shape index (κ3) is 2.19. The van der Waals surface area contributed by atoms with Crippen LogP contribution in [0.5, 0.6) is 16.7 Å². The second-order valence-electron chi connectivity index (χ2n) is 2.79. The van der Waals surface area contributed by atoms with Crippen LogP contribution in [0.25, 0.3) is 0 Å². The van der Waals surface area contributed by atoms with Gasteiger partial charge in [-0.05, 0) is 12.1 Å². The minimum Gasteiger partial charge on any atom is -0.493 e. The first-order valence-electron chi connectivity index (χ1n) is 4.31. The summed E-state index contributed by atoms with van der Waals surface area (Å²) >= 11 is 1.35. The lowest BCUT2D eigenvalue weighted by Crippen LogP contribution is -1.90. The van der Waals surface area contributed by atoms with E-state index in [9.17, 15) is 0 Å². The molecule has 0 saturated heterocycles. The van der Waals surface area contributed by atoms with Gasteiger partial charge in [0.05, 0.1) is 7.11 Å². The van der Waals surface area contributed by atoms with Crippen LogP contribution >= 0.6 is 11.3 Å². The highest BCUT2D eigenvalue weighted by Crippen LogP contribution is 2.32. The van der Waals surface area contributed by atoms with Crippen molar-refractivity contribution in [3.05, 3.63) is 29.6 Å². The van der Waals surface area contributed by atoms with Crippen molar-refractivity contribution in [3.63, 3.8) is 0 Å². The number of rotatable bonds is 3. The van der Waals surface area contributed by atoms with Crippen molar-refractivity contribution < 1.29 is 9.47 Å². The molecule has 2 aromatic rings. The minimum atomic E-state index is 0.463. The average molecular weight is 222 g/mol. The largest absolute Gasteiger partial charge is 0.493 e. The number of benzene rings is 1. The Labute approximate surface area is 91.3 Å². The molecule has 0 aliphatic rings. The van der Waals surface area contributed by atoms with Gasteiger partial charge in [-0.3, -0.25) is 0 Å².